The summed E-state index contributed by atoms with van der Waals surface area (Å²) in [5.74, 6) is 0.597. The van der Waals surface area contributed by atoms with Crippen molar-refractivity contribution in [3.63, 3.8) is 0 Å². The zero-order chi connectivity index (χ0) is 15.0. The van der Waals surface area contributed by atoms with Crippen LogP contribution in [0.15, 0.2) is 24.3 Å². The highest BCUT2D eigenvalue weighted by Crippen LogP contribution is 2.46. The van der Waals surface area contributed by atoms with Crippen molar-refractivity contribution in [3.05, 3.63) is 35.4 Å². The van der Waals surface area contributed by atoms with E-state index in [9.17, 15) is 4.79 Å². The summed E-state index contributed by atoms with van der Waals surface area (Å²) in [6.45, 7) is 5.65. The number of nitrogens with one attached hydrogen (secondary N) is 1. The second-order valence-electron chi connectivity index (χ2n) is 6.50. The fraction of sp³-hybridized carbons (Fsp3) is 0.588. The summed E-state index contributed by atoms with van der Waals surface area (Å²) in [7, 11) is 1.71. The molecule has 4 heteroatoms. The number of benzene rings is 1. The van der Waals surface area contributed by atoms with Gasteiger partial charge in [-0.15, -0.1) is 0 Å². The highest BCUT2D eigenvalue weighted by molar-refractivity contribution is 5.92. The molecule has 2 fully saturated rings. The number of nitrogens with zero attached hydrogens (tertiary/aromatic N) is 1. The maximum Gasteiger partial charge on any atom is 0.244 e. The number of methoxy groups -OCH3 is 1. The van der Waals surface area contributed by atoms with Crippen LogP contribution < -0.4 is 5.32 Å². The number of carbonyl (C=O) groups excluding carboxylic acids is 1. The first-order valence-corrected chi connectivity index (χ1v) is 7.70. The molecule has 114 valence electrons. The molecule has 1 aliphatic carbocycles. The Labute approximate surface area is 126 Å². The maximum atomic E-state index is 12.7. The largest absolute Gasteiger partial charge is 0.384 e. The molecule has 1 aliphatic heterocycles. The first-order valence-electron chi connectivity index (χ1n) is 7.70. The first kappa shape index (κ1) is 14.5. The number of aryl methyl sites for hydroxylation is 1. The van der Waals surface area contributed by atoms with Gasteiger partial charge in [0.25, 0.3) is 0 Å². The molecule has 4 nitrogen and oxygen atoms in total. The minimum Gasteiger partial charge on any atom is -0.384 e. The van der Waals surface area contributed by atoms with Crippen LogP contribution in [0.5, 0.6) is 0 Å². The molecule has 0 radical (unpaired) electrons. The van der Waals surface area contributed by atoms with Gasteiger partial charge in [0.2, 0.25) is 5.91 Å². The van der Waals surface area contributed by atoms with Crippen molar-refractivity contribution < 1.29 is 9.53 Å². The van der Waals surface area contributed by atoms with Gasteiger partial charge in [-0.2, -0.15) is 0 Å². The normalized spacial score (nSPS) is 24.6. The number of hydrogen-bond acceptors (Lipinski definition) is 3. The summed E-state index contributed by atoms with van der Waals surface area (Å²) in [5.41, 5.74) is 2.16. The third-order valence-corrected chi connectivity index (χ3v) is 4.59. The van der Waals surface area contributed by atoms with Crippen molar-refractivity contribution in [1.82, 2.24) is 10.2 Å². The molecule has 0 bridgehead atoms. The number of hydrogen-bond donors (Lipinski definition) is 1. The lowest BCUT2D eigenvalue weighted by atomic mass is 10.1. The van der Waals surface area contributed by atoms with Gasteiger partial charge in [-0.1, -0.05) is 31.2 Å². The van der Waals surface area contributed by atoms with Crippen molar-refractivity contribution in [3.8, 4) is 0 Å². The molecule has 1 N–H and O–H groups in total. The molecular formula is C17H24N2O2. The smallest absolute Gasteiger partial charge is 0.244 e. The van der Waals surface area contributed by atoms with Crippen molar-refractivity contribution in [2.24, 2.45) is 5.92 Å². The van der Waals surface area contributed by atoms with Gasteiger partial charge in [-0.25, -0.2) is 0 Å². The van der Waals surface area contributed by atoms with Gasteiger partial charge in [-0.05, 0) is 36.8 Å². The monoisotopic (exact) mass is 288 g/mol. The first-order chi connectivity index (χ1) is 10.1. The zero-order valence-corrected chi connectivity index (χ0v) is 13.1. The molecule has 21 heavy (non-hydrogen) atoms. The van der Waals surface area contributed by atoms with Gasteiger partial charge in [0.15, 0.2) is 0 Å². The number of ether oxygens (including phenoxy) is 1. The predicted octanol–water partition coefficient (Wildman–Crippen LogP) is 2.24. The number of amides is 1. The summed E-state index contributed by atoms with van der Waals surface area (Å²) in [6, 6.07) is 8.31. The van der Waals surface area contributed by atoms with E-state index < -0.39 is 0 Å². The van der Waals surface area contributed by atoms with Gasteiger partial charge < -0.3 is 9.64 Å². The third-order valence-electron chi connectivity index (χ3n) is 4.59. The topological polar surface area (TPSA) is 41.6 Å². The van der Waals surface area contributed by atoms with Crippen LogP contribution in [0.25, 0.3) is 0 Å². The lowest BCUT2D eigenvalue weighted by Gasteiger charge is -2.28. The Balaban J connectivity index is 1.86. The molecule has 1 saturated carbocycles. The summed E-state index contributed by atoms with van der Waals surface area (Å²) in [6.07, 6.45) is 1.92. The van der Waals surface area contributed by atoms with Gasteiger partial charge in [0.05, 0.1) is 6.61 Å². The molecular weight excluding hydrogens is 264 g/mol. The quantitative estimate of drug-likeness (QED) is 0.903. The lowest BCUT2D eigenvalue weighted by Crippen LogP contribution is -2.36. The number of carbonyl (C=O) groups is 1. The molecule has 1 spiro atoms. The summed E-state index contributed by atoms with van der Waals surface area (Å²) in [4.78, 5) is 14.8. The Morgan fingerprint density at radius 1 is 1.43 bits per heavy atom. The van der Waals surface area contributed by atoms with Crippen LogP contribution in [0.2, 0.25) is 0 Å². The Morgan fingerprint density at radius 2 is 2.14 bits per heavy atom. The Morgan fingerprint density at radius 3 is 2.76 bits per heavy atom. The molecule has 2 atom stereocenters. The highest BCUT2D eigenvalue weighted by Gasteiger charge is 2.59. The van der Waals surface area contributed by atoms with Gasteiger partial charge in [0, 0.05) is 13.7 Å². The zero-order valence-electron chi connectivity index (χ0n) is 13.1. The van der Waals surface area contributed by atoms with E-state index in [1.165, 1.54) is 11.1 Å². The molecule has 1 aromatic rings. The second kappa shape index (κ2) is 5.43. The Kier molecular flexibility index (Phi) is 3.76. The van der Waals surface area contributed by atoms with Gasteiger partial charge in [-0.3, -0.25) is 10.1 Å². The summed E-state index contributed by atoms with van der Waals surface area (Å²) >= 11 is 0. The fourth-order valence-corrected chi connectivity index (χ4v) is 3.28. The molecule has 2 unspecified atom stereocenters. The fourth-order valence-electron chi connectivity index (χ4n) is 3.28. The third kappa shape index (κ3) is 2.58. The van der Waals surface area contributed by atoms with Crippen LogP contribution in [-0.2, 0) is 9.53 Å². The van der Waals surface area contributed by atoms with Crippen LogP contribution in [0.3, 0.4) is 0 Å². The van der Waals surface area contributed by atoms with E-state index in [1.54, 1.807) is 7.11 Å². The summed E-state index contributed by atoms with van der Waals surface area (Å²) in [5, 5.41) is 3.58. The second-order valence-corrected chi connectivity index (χ2v) is 6.50. The van der Waals surface area contributed by atoms with Crippen LogP contribution in [0.1, 0.15) is 37.1 Å². The highest BCUT2D eigenvalue weighted by atomic mass is 16.5. The SMILES string of the molecule is COCC(C)CN1C(=O)C2(CC2)NC1c1ccccc1C. The van der Waals surface area contributed by atoms with E-state index in [0.717, 1.165) is 19.4 Å². The predicted molar refractivity (Wildman–Crippen MR) is 81.8 cm³/mol. The van der Waals surface area contributed by atoms with Crippen LogP contribution >= 0.6 is 0 Å². The molecule has 1 aromatic carbocycles. The molecule has 3 rings (SSSR count). The van der Waals surface area contributed by atoms with E-state index in [0.29, 0.717) is 12.5 Å². The molecule has 2 aliphatic rings. The molecule has 1 heterocycles. The minimum atomic E-state index is -0.278. The number of rotatable bonds is 5. The lowest BCUT2D eigenvalue weighted by molar-refractivity contribution is -0.131. The minimum absolute atomic E-state index is 0.000469. The average molecular weight is 288 g/mol. The Hall–Kier alpha value is -1.39. The van der Waals surface area contributed by atoms with Crippen molar-refractivity contribution in [1.29, 1.82) is 0 Å². The van der Waals surface area contributed by atoms with Crippen molar-refractivity contribution in [2.75, 3.05) is 20.3 Å². The van der Waals surface area contributed by atoms with E-state index in [1.807, 2.05) is 17.0 Å². The van der Waals surface area contributed by atoms with E-state index >= 15 is 0 Å². The molecule has 1 amide bonds. The van der Waals surface area contributed by atoms with Crippen molar-refractivity contribution >= 4 is 5.91 Å². The maximum absolute atomic E-state index is 12.7. The van der Waals surface area contributed by atoms with Crippen LogP contribution in [0, 0.1) is 12.8 Å². The summed E-state index contributed by atoms with van der Waals surface area (Å²) < 4.78 is 5.22. The Bertz CT molecular complexity index is 539. The standard InChI is InChI=1S/C17H24N2O2/c1-12(11-21-3)10-19-15(14-7-5-4-6-13(14)2)18-17(8-9-17)16(19)20/h4-7,12,15,18H,8-11H2,1-3H3. The molecule has 0 aromatic heterocycles. The molecule has 1 saturated heterocycles. The van der Waals surface area contributed by atoms with E-state index in [-0.39, 0.29) is 17.6 Å². The van der Waals surface area contributed by atoms with E-state index in [2.05, 4.69) is 31.3 Å². The van der Waals surface area contributed by atoms with Crippen LogP contribution in [-0.4, -0.2) is 36.6 Å². The van der Waals surface area contributed by atoms with Crippen LogP contribution in [0.4, 0.5) is 0 Å². The van der Waals surface area contributed by atoms with E-state index in [4.69, 9.17) is 4.74 Å². The average Bonchev–Trinajstić information content (AvgIpc) is 3.19. The van der Waals surface area contributed by atoms with Gasteiger partial charge in [0.1, 0.15) is 11.7 Å². The van der Waals surface area contributed by atoms with Gasteiger partial charge >= 0.3 is 0 Å². The van der Waals surface area contributed by atoms with Crippen molar-refractivity contribution in [2.45, 2.75) is 38.4 Å².